The number of carbonyl (C=O) groups is 1. The van der Waals surface area contributed by atoms with Crippen molar-refractivity contribution < 1.29 is 13.9 Å². The smallest absolute Gasteiger partial charge is 0.277 e. The van der Waals surface area contributed by atoms with Crippen molar-refractivity contribution in [2.75, 3.05) is 18.2 Å². The van der Waals surface area contributed by atoms with Crippen LogP contribution in [0.3, 0.4) is 0 Å². The Labute approximate surface area is 154 Å². The highest BCUT2D eigenvalue weighted by molar-refractivity contribution is 7.99. The maximum Gasteiger partial charge on any atom is 0.277 e. The lowest BCUT2D eigenvalue weighted by Crippen LogP contribution is -2.16. The van der Waals surface area contributed by atoms with E-state index in [1.54, 1.807) is 18.8 Å². The minimum absolute atomic E-state index is 0.159. The highest BCUT2D eigenvalue weighted by Gasteiger charge is 2.12. The van der Waals surface area contributed by atoms with E-state index < -0.39 is 0 Å². The number of carbonyl (C=O) groups excluding carboxylic acids is 1. The van der Waals surface area contributed by atoms with E-state index in [4.69, 9.17) is 9.15 Å². The monoisotopic (exact) mass is 373 g/mol. The molecule has 0 spiro atoms. The number of ether oxygens (including phenoxy) is 1. The largest absolute Gasteiger partial charge is 0.497 e. The highest BCUT2D eigenvalue weighted by atomic mass is 32.2. The number of anilines is 1. The van der Waals surface area contributed by atoms with Gasteiger partial charge in [-0.1, -0.05) is 23.9 Å². The molecule has 0 aliphatic heterocycles. The van der Waals surface area contributed by atoms with E-state index in [1.165, 1.54) is 11.8 Å². The number of nitrogens with one attached hydrogen (secondary N) is 1. The Hall–Kier alpha value is -2.81. The standard InChI is InChI=1S/C17H19N5O3S/c1-11-8-14(22(2)21-11)18-15(23)10-26-17-20-19-16(25-17)9-12-4-6-13(24-3)7-5-12/h4-8H,9-10H2,1-3H3,(H,18,23). The van der Waals surface area contributed by atoms with Crippen LogP contribution in [0.5, 0.6) is 5.75 Å². The van der Waals surface area contributed by atoms with E-state index in [0.29, 0.717) is 23.4 Å². The first-order valence-electron chi connectivity index (χ1n) is 7.92. The maximum absolute atomic E-state index is 12.0. The second-order valence-corrected chi connectivity index (χ2v) is 6.54. The summed E-state index contributed by atoms with van der Waals surface area (Å²) in [6.07, 6.45) is 0.526. The number of benzene rings is 1. The van der Waals surface area contributed by atoms with Crippen LogP contribution in [0.1, 0.15) is 17.1 Å². The average Bonchev–Trinajstić information content (AvgIpc) is 3.19. The van der Waals surface area contributed by atoms with Gasteiger partial charge in [-0.3, -0.25) is 9.48 Å². The van der Waals surface area contributed by atoms with Crippen molar-refractivity contribution in [2.45, 2.75) is 18.6 Å². The number of amides is 1. The lowest BCUT2D eigenvalue weighted by atomic mass is 10.1. The number of aryl methyl sites for hydroxylation is 2. The van der Waals surface area contributed by atoms with Crippen LogP contribution >= 0.6 is 11.8 Å². The van der Waals surface area contributed by atoms with Crippen molar-refractivity contribution in [1.29, 1.82) is 0 Å². The normalized spacial score (nSPS) is 10.7. The third-order valence-electron chi connectivity index (χ3n) is 3.56. The molecule has 0 aliphatic rings. The van der Waals surface area contributed by atoms with Gasteiger partial charge >= 0.3 is 0 Å². The van der Waals surface area contributed by atoms with E-state index in [-0.39, 0.29) is 11.7 Å². The maximum atomic E-state index is 12.0. The molecule has 26 heavy (non-hydrogen) atoms. The van der Waals surface area contributed by atoms with E-state index >= 15 is 0 Å². The Morgan fingerprint density at radius 3 is 2.73 bits per heavy atom. The van der Waals surface area contributed by atoms with Crippen LogP contribution in [-0.2, 0) is 18.3 Å². The lowest BCUT2D eigenvalue weighted by Gasteiger charge is -2.03. The predicted octanol–water partition coefficient (Wildman–Crippen LogP) is 2.44. The molecule has 0 atom stereocenters. The van der Waals surface area contributed by atoms with Gasteiger partial charge in [0.1, 0.15) is 11.6 Å². The summed E-state index contributed by atoms with van der Waals surface area (Å²) in [5.41, 5.74) is 1.88. The molecule has 1 amide bonds. The number of rotatable bonds is 7. The summed E-state index contributed by atoms with van der Waals surface area (Å²) in [5.74, 6) is 1.96. The van der Waals surface area contributed by atoms with Crippen LogP contribution in [0.15, 0.2) is 40.0 Å². The molecule has 3 aromatic rings. The van der Waals surface area contributed by atoms with Gasteiger partial charge in [0.15, 0.2) is 0 Å². The topological polar surface area (TPSA) is 95.1 Å². The first-order chi connectivity index (χ1) is 12.5. The third kappa shape index (κ3) is 4.63. The van der Waals surface area contributed by atoms with Gasteiger partial charge in [0.05, 0.1) is 25.0 Å². The molecule has 0 saturated heterocycles. The summed E-state index contributed by atoms with van der Waals surface area (Å²) >= 11 is 1.20. The van der Waals surface area contributed by atoms with Crippen LogP contribution in [0.4, 0.5) is 5.82 Å². The van der Waals surface area contributed by atoms with Crippen LogP contribution in [0.25, 0.3) is 0 Å². The molecule has 0 bridgehead atoms. The molecule has 3 rings (SSSR count). The van der Waals surface area contributed by atoms with Crippen LogP contribution < -0.4 is 10.1 Å². The van der Waals surface area contributed by atoms with Crippen LogP contribution in [-0.4, -0.2) is 38.7 Å². The molecule has 2 heterocycles. The number of thioether (sulfide) groups is 1. The van der Waals surface area contributed by atoms with Crippen molar-refractivity contribution in [2.24, 2.45) is 7.05 Å². The van der Waals surface area contributed by atoms with Crippen molar-refractivity contribution in [1.82, 2.24) is 20.0 Å². The molecule has 1 N–H and O–H groups in total. The molecule has 1 aromatic carbocycles. The minimum Gasteiger partial charge on any atom is -0.497 e. The lowest BCUT2D eigenvalue weighted by molar-refractivity contribution is -0.113. The molecule has 9 heteroatoms. The van der Waals surface area contributed by atoms with Crippen molar-refractivity contribution in [3.05, 3.63) is 47.5 Å². The Morgan fingerprint density at radius 1 is 1.31 bits per heavy atom. The predicted molar refractivity (Wildman–Crippen MR) is 97.4 cm³/mol. The first kappa shape index (κ1) is 18.0. The molecular weight excluding hydrogens is 354 g/mol. The van der Waals surface area contributed by atoms with Gasteiger partial charge in [-0.25, -0.2) is 0 Å². The fraction of sp³-hybridized carbons (Fsp3) is 0.294. The zero-order valence-corrected chi connectivity index (χ0v) is 15.5. The Balaban J connectivity index is 1.51. The van der Waals surface area contributed by atoms with Crippen molar-refractivity contribution in [3.8, 4) is 5.75 Å². The van der Waals surface area contributed by atoms with E-state index in [0.717, 1.165) is 17.0 Å². The summed E-state index contributed by atoms with van der Waals surface area (Å²) in [4.78, 5) is 12.0. The van der Waals surface area contributed by atoms with E-state index in [2.05, 4.69) is 20.6 Å². The average molecular weight is 373 g/mol. The van der Waals surface area contributed by atoms with Crippen LogP contribution in [0, 0.1) is 6.92 Å². The molecule has 0 aliphatic carbocycles. The van der Waals surface area contributed by atoms with Gasteiger partial charge in [-0.15, -0.1) is 10.2 Å². The van der Waals surface area contributed by atoms with Gasteiger partial charge in [0, 0.05) is 13.1 Å². The van der Waals surface area contributed by atoms with Gasteiger partial charge in [-0.2, -0.15) is 5.10 Å². The molecule has 136 valence electrons. The van der Waals surface area contributed by atoms with Crippen LogP contribution in [0.2, 0.25) is 0 Å². The summed E-state index contributed by atoms with van der Waals surface area (Å²) in [5, 5.41) is 15.3. The molecule has 0 radical (unpaired) electrons. The van der Waals surface area contributed by atoms with Gasteiger partial charge in [0.2, 0.25) is 11.8 Å². The van der Waals surface area contributed by atoms with Crippen molar-refractivity contribution in [3.63, 3.8) is 0 Å². The number of nitrogens with zero attached hydrogens (tertiary/aromatic N) is 4. The second-order valence-electron chi connectivity index (χ2n) is 5.62. The molecular formula is C17H19N5O3S. The SMILES string of the molecule is COc1ccc(Cc2nnc(SCC(=O)Nc3cc(C)nn3C)o2)cc1. The number of aromatic nitrogens is 4. The molecule has 0 fully saturated rings. The molecule has 2 aromatic heterocycles. The molecule has 8 nitrogen and oxygen atoms in total. The summed E-state index contributed by atoms with van der Waals surface area (Å²) < 4.78 is 12.3. The number of methoxy groups -OCH3 is 1. The molecule has 0 saturated carbocycles. The quantitative estimate of drug-likeness (QED) is 0.636. The van der Waals surface area contributed by atoms with Crippen molar-refractivity contribution >= 4 is 23.5 Å². The zero-order chi connectivity index (χ0) is 18.5. The summed E-state index contributed by atoms with van der Waals surface area (Å²) in [6, 6.07) is 9.46. The Morgan fingerprint density at radius 2 is 2.08 bits per heavy atom. The number of hydrogen-bond donors (Lipinski definition) is 1. The fourth-order valence-corrected chi connectivity index (χ4v) is 2.90. The fourth-order valence-electron chi connectivity index (χ4n) is 2.32. The number of hydrogen-bond acceptors (Lipinski definition) is 7. The summed E-state index contributed by atoms with van der Waals surface area (Å²) in [7, 11) is 3.40. The van der Waals surface area contributed by atoms with Gasteiger partial charge in [0.25, 0.3) is 5.22 Å². The first-order valence-corrected chi connectivity index (χ1v) is 8.90. The Bertz CT molecular complexity index is 888. The Kier molecular flexibility index (Phi) is 5.57. The van der Waals surface area contributed by atoms with Gasteiger partial charge in [-0.05, 0) is 24.6 Å². The second kappa shape index (κ2) is 8.05. The minimum atomic E-state index is -0.159. The van der Waals surface area contributed by atoms with Gasteiger partial charge < -0.3 is 14.5 Å². The molecule has 0 unspecified atom stereocenters. The van der Waals surface area contributed by atoms with E-state index in [1.807, 2.05) is 37.3 Å². The summed E-state index contributed by atoms with van der Waals surface area (Å²) in [6.45, 7) is 1.87. The zero-order valence-electron chi connectivity index (χ0n) is 14.7. The van der Waals surface area contributed by atoms with E-state index in [9.17, 15) is 4.79 Å². The third-order valence-corrected chi connectivity index (χ3v) is 4.38. The highest BCUT2D eigenvalue weighted by Crippen LogP contribution is 2.19.